The maximum absolute atomic E-state index is 4.86. The van der Waals surface area contributed by atoms with Crippen LogP contribution in [0.1, 0.15) is 17.5 Å². The van der Waals surface area contributed by atoms with Crippen molar-refractivity contribution in [2.45, 2.75) is 26.3 Å². The van der Waals surface area contributed by atoms with Crippen LogP contribution in [0.15, 0.2) is 17.1 Å². The lowest BCUT2D eigenvalue weighted by molar-refractivity contribution is 0.597. The average Bonchev–Trinajstić information content (AvgIpc) is 2.64. The predicted octanol–water partition coefficient (Wildman–Crippen LogP) is 0.449. The summed E-state index contributed by atoms with van der Waals surface area (Å²) in [7, 11) is 0. The Morgan fingerprint density at radius 2 is 2.07 bits per heavy atom. The zero-order valence-electron chi connectivity index (χ0n) is 9.30. The fourth-order valence-electron chi connectivity index (χ4n) is 2.68. The van der Waals surface area contributed by atoms with Gasteiger partial charge in [-0.15, -0.1) is 0 Å². The van der Waals surface area contributed by atoms with Gasteiger partial charge in [0, 0.05) is 11.8 Å². The molecule has 1 N–H and O–H groups in total. The van der Waals surface area contributed by atoms with Crippen LogP contribution in [-0.4, -0.2) is 19.1 Å². The van der Waals surface area contributed by atoms with Crippen LogP contribution in [0.2, 0.25) is 0 Å². The van der Waals surface area contributed by atoms with Gasteiger partial charge in [-0.3, -0.25) is 4.99 Å². The smallest absolute Gasteiger partial charge is 0.0750 e. The molecule has 1 aromatic carbocycles. The third-order valence-corrected chi connectivity index (χ3v) is 3.51. The van der Waals surface area contributed by atoms with Crippen LogP contribution >= 0.6 is 0 Å². The molecule has 1 atom stereocenters. The molecule has 0 aliphatic carbocycles. The summed E-state index contributed by atoms with van der Waals surface area (Å²) in [5.74, 6) is 0. The van der Waals surface area contributed by atoms with Gasteiger partial charge in [0.05, 0.1) is 11.4 Å². The summed E-state index contributed by atoms with van der Waals surface area (Å²) in [6, 6.07) is 4.86. The quantitative estimate of drug-likeness (QED) is 0.646. The van der Waals surface area contributed by atoms with Crippen LogP contribution in [0.3, 0.4) is 0 Å². The zero-order chi connectivity index (χ0) is 10.4. The molecule has 1 unspecified atom stereocenters. The van der Waals surface area contributed by atoms with Gasteiger partial charge in [0.25, 0.3) is 0 Å². The first-order valence-electron chi connectivity index (χ1n) is 5.65. The van der Waals surface area contributed by atoms with E-state index in [0.717, 1.165) is 19.5 Å². The van der Waals surface area contributed by atoms with Crippen molar-refractivity contribution in [3.05, 3.63) is 33.8 Å². The van der Waals surface area contributed by atoms with Crippen molar-refractivity contribution in [2.75, 3.05) is 13.1 Å². The first-order chi connectivity index (χ1) is 7.27. The number of aryl methyl sites for hydroxylation is 2. The van der Waals surface area contributed by atoms with Crippen molar-refractivity contribution < 1.29 is 0 Å². The highest BCUT2D eigenvalue weighted by Crippen LogP contribution is 2.16. The molecular weight excluding hydrogens is 184 g/mol. The van der Waals surface area contributed by atoms with E-state index in [-0.39, 0.29) is 0 Å². The van der Waals surface area contributed by atoms with Gasteiger partial charge in [-0.05, 0) is 43.5 Å². The van der Waals surface area contributed by atoms with Gasteiger partial charge in [-0.1, -0.05) is 12.1 Å². The van der Waals surface area contributed by atoms with E-state index in [1.54, 1.807) is 0 Å². The molecule has 15 heavy (non-hydrogen) atoms. The lowest BCUT2D eigenvalue weighted by Gasteiger charge is -2.20. The minimum atomic E-state index is 0.459. The fourth-order valence-corrected chi connectivity index (χ4v) is 2.68. The van der Waals surface area contributed by atoms with Crippen molar-refractivity contribution in [1.29, 1.82) is 0 Å². The summed E-state index contributed by atoms with van der Waals surface area (Å²) in [6.45, 7) is 6.47. The van der Waals surface area contributed by atoms with Crippen molar-refractivity contribution >= 4 is 5.57 Å². The van der Waals surface area contributed by atoms with E-state index in [1.165, 1.54) is 27.3 Å². The molecule has 2 heterocycles. The Balaban J connectivity index is 2.38. The summed E-state index contributed by atoms with van der Waals surface area (Å²) >= 11 is 0. The van der Waals surface area contributed by atoms with Gasteiger partial charge in [0.2, 0.25) is 0 Å². The predicted molar refractivity (Wildman–Crippen MR) is 61.4 cm³/mol. The van der Waals surface area contributed by atoms with Gasteiger partial charge < -0.3 is 5.32 Å². The van der Waals surface area contributed by atoms with Crippen LogP contribution in [0.25, 0.3) is 5.57 Å². The first-order valence-corrected chi connectivity index (χ1v) is 5.65. The monoisotopic (exact) mass is 200 g/mol. The van der Waals surface area contributed by atoms with E-state index in [0.29, 0.717) is 6.04 Å². The Labute approximate surface area is 89.7 Å². The molecule has 2 aliphatic rings. The molecule has 0 saturated carbocycles. The molecular formula is C13H16N2. The summed E-state index contributed by atoms with van der Waals surface area (Å²) in [4.78, 5) is 4.86. The second-order valence-electron chi connectivity index (χ2n) is 4.56. The molecule has 0 bridgehead atoms. The maximum atomic E-state index is 4.86. The zero-order valence-corrected chi connectivity index (χ0v) is 9.30. The highest BCUT2D eigenvalue weighted by atomic mass is 14.9. The Morgan fingerprint density at radius 3 is 2.93 bits per heavy atom. The highest BCUT2D eigenvalue weighted by molar-refractivity contribution is 5.58. The number of piperidine rings is 1. The number of nitrogens with zero attached hydrogens (tertiary/aromatic N) is 1. The molecule has 0 amide bonds. The van der Waals surface area contributed by atoms with E-state index in [2.05, 4.69) is 31.3 Å². The molecule has 78 valence electrons. The molecule has 3 rings (SSSR count). The van der Waals surface area contributed by atoms with Crippen LogP contribution in [0, 0.1) is 13.8 Å². The van der Waals surface area contributed by atoms with Gasteiger partial charge in [-0.25, -0.2) is 0 Å². The third kappa shape index (κ3) is 1.25. The van der Waals surface area contributed by atoms with Crippen LogP contribution in [-0.2, 0) is 0 Å². The lowest BCUT2D eigenvalue weighted by Crippen LogP contribution is -2.35. The Bertz CT molecular complexity index is 528. The minimum Gasteiger partial charge on any atom is -0.313 e. The van der Waals surface area contributed by atoms with Gasteiger partial charge in [-0.2, -0.15) is 0 Å². The SMILES string of the molecule is Cc1ccc(C)c2c1=NC1CCNCC=21. The normalized spacial score (nSPS) is 23.3. The van der Waals surface area contributed by atoms with Crippen LogP contribution in [0.4, 0.5) is 0 Å². The summed E-state index contributed by atoms with van der Waals surface area (Å²) in [5.41, 5.74) is 4.20. The summed E-state index contributed by atoms with van der Waals surface area (Å²) in [6.07, 6.45) is 1.16. The number of hydrogen-bond acceptors (Lipinski definition) is 2. The molecule has 2 nitrogen and oxygen atoms in total. The number of nitrogens with one attached hydrogen (secondary N) is 1. The molecule has 0 spiro atoms. The van der Waals surface area contributed by atoms with Crippen LogP contribution in [0.5, 0.6) is 0 Å². The minimum absolute atomic E-state index is 0.459. The second-order valence-corrected chi connectivity index (χ2v) is 4.56. The standard InChI is InChI=1S/C13H16N2/c1-8-3-4-9(2)13-12(8)10-7-14-6-5-11(10)15-13/h3-4,11,14H,5-7H2,1-2H3. The first kappa shape index (κ1) is 9.10. The number of benzene rings is 1. The maximum Gasteiger partial charge on any atom is 0.0750 e. The van der Waals surface area contributed by atoms with Crippen LogP contribution < -0.4 is 15.9 Å². The van der Waals surface area contributed by atoms with Gasteiger partial charge >= 0.3 is 0 Å². The Morgan fingerprint density at radius 1 is 1.27 bits per heavy atom. The fraction of sp³-hybridized carbons (Fsp3) is 0.462. The molecule has 2 aliphatic heterocycles. The number of hydrogen-bond donors (Lipinski definition) is 1. The summed E-state index contributed by atoms with van der Waals surface area (Å²) < 4.78 is 0. The topological polar surface area (TPSA) is 24.4 Å². The second kappa shape index (κ2) is 3.17. The molecule has 1 aromatic rings. The van der Waals surface area contributed by atoms with E-state index >= 15 is 0 Å². The highest BCUT2D eigenvalue weighted by Gasteiger charge is 2.23. The Hall–Kier alpha value is -1.15. The lowest BCUT2D eigenvalue weighted by atomic mass is 9.98. The molecule has 1 saturated heterocycles. The van der Waals surface area contributed by atoms with Gasteiger partial charge in [0.1, 0.15) is 0 Å². The van der Waals surface area contributed by atoms with Crippen molar-refractivity contribution in [3.63, 3.8) is 0 Å². The molecule has 0 aromatic heterocycles. The Kier molecular flexibility index (Phi) is 1.93. The molecule has 2 heteroatoms. The third-order valence-electron chi connectivity index (χ3n) is 3.51. The van der Waals surface area contributed by atoms with E-state index in [9.17, 15) is 0 Å². The number of rotatable bonds is 0. The van der Waals surface area contributed by atoms with Crippen molar-refractivity contribution in [1.82, 2.24) is 5.32 Å². The molecule has 0 radical (unpaired) electrons. The van der Waals surface area contributed by atoms with Gasteiger partial charge in [0.15, 0.2) is 0 Å². The number of fused-ring (bicyclic) bond motifs is 2. The van der Waals surface area contributed by atoms with Crippen molar-refractivity contribution in [2.24, 2.45) is 4.99 Å². The molecule has 1 fully saturated rings. The van der Waals surface area contributed by atoms with Crippen molar-refractivity contribution in [3.8, 4) is 0 Å². The average molecular weight is 200 g/mol. The van der Waals surface area contributed by atoms with E-state index in [1.807, 2.05) is 0 Å². The van der Waals surface area contributed by atoms with E-state index < -0.39 is 0 Å². The van der Waals surface area contributed by atoms with E-state index in [4.69, 9.17) is 4.99 Å². The largest absolute Gasteiger partial charge is 0.313 e. The summed E-state index contributed by atoms with van der Waals surface area (Å²) in [5, 5.41) is 6.12.